The minimum absolute atomic E-state index is 0.00803. The van der Waals surface area contributed by atoms with Gasteiger partial charge in [0, 0.05) is 24.7 Å². The number of hydrogen-bond donors (Lipinski definition) is 3. The van der Waals surface area contributed by atoms with E-state index in [0.717, 1.165) is 12.8 Å². The molecule has 1 rings (SSSR count). The molecular formula is C16H34N2O. The number of hydrogen-bond acceptors (Lipinski definition) is 3. The van der Waals surface area contributed by atoms with Crippen LogP contribution in [0.2, 0.25) is 0 Å². The monoisotopic (exact) mass is 270 g/mol. The summed E-state index contributed by atoms with van der Waals surface area (Å²) in [6, 6.07) is 0.290. The molecule has 2 atom stereocenters. The van der Waals surface area contributed by atoms with Gasteiger partial charge in [0.25, 0.3) is 0 Å². The van der Waals surface area contributed by atoms with Gasteiger partial charge >= 0.3 is 0 Å². The van der Waals surface area contributed by atoms with E-state index < -0.39 is 0 Å². The molecule has 0 aliphatic heterocycles. The van der Waals surface area contributed by atoms with Crippen LogP contribution in [0.25, 0.3) is 0 Å². The summed E-state index contributed by atoms with van der Waals surface area (Å²) >= 11 is 0. The summed E-state index contributed by atoms with van der Waals surface area (Å²) in [5.41, 5.74) is 6.78. The Morgan fingerprint density at radius 1 is 1.05 bits per heavy atom. The SMILES string of the molecule is CC(CO)C(C)NC1(CN)CC(C)(C)CC(C)(C)C1. The van der Waals surface area contributed by atoms with Crippen LogP contribution < -0.4 is 11.1 Å². The molecule has 0 bridgehead atoms. The van der Waals surface area contributed by atoms with Crippen molar-refractivity contribution in [3.63, 3.8) is 0 Å². The van der Waals surface area contributed by atoms with Gasteiger partial charge in [-0.3, -0.25) is 0 Å². The van der Waals surface area contributed by atoms with Crippen molar-refractivity contribution in [3.05, 3.63) is 0 Å². The smallest absolute Gasteiger partial charge is 0.0471 e. The second-order valence-electron chi connectivity index (χ2n) is 8.44. The zero-order valence-electron chi connectivity index (χ0n) is 13.7. The van der Waals surface area contributed by atoms with Crippen molar-refractivity contribution < 1.29 is 5.11 Å². The molecule has 1 aliphatic rings. The highest BCUT2D eigenvalue weighted by molar-refractivity contribution is 5.04. The molecule has 0 spiro atoms. The van der Waals surface area contributed by atoms with Gasteiger partial charge in [-0.15, -0.1) is 0 Å². The lowest BCUT2D eigenvalue weighted by molar-refractivity contribution is 0.0212. The average Bonchev–Trinajstić information content (AvgIpc) is 2.23. The maximum absolute atomic E-state index is 9.33. The van der Waals surface area contributed by atoms with E-state index in [1.165, 1.54) is 6.42 Å². The first-order chi connectivity index (χ1) is 8.55. The molecule has 0 saturated heterocycles. The number of aliphatic hydroxyl groups is 1. The van der Waals surface area contributed by atoms with Crippen LogP contribution in [0, 0.1) is 16.7 Å². The fraction of sp³-hybridized carbons (Fsp3) is 1.00. The topological polar surface area (TPSA) is 58.3 Å². The van der Waals surface area contributed by atoms with Crippen LogP contribution in [0.4, 0.5) is 0 Å². The van der Waals surface area contributed by atoms with Gasteiger partial charge in [-0.05, 0) is 42.9 Å². The lowest BCUT2D eigenvalue weighted by atomic mass is 9.58. The summed E-state index contributed by atoms with van der Waals surface area (Å²) in [6.07, 6.45) is 3.47. The van der Waals surface area contributed by atoms with Crippen LogP contribution in [0.3, 0.4) is 0 Å². The first-order valence-electron chi connectivity index (χ1n) is 7.63. The molecule has 0 heterocycles. The van der Waals surface area contributed by atoms with Gasteiger partial charge < -0.3 is 16.2 Å². The fourth-order valence-corrected chi connectivity index (χ4v) is 4.40. The van der Waals surface area contributed by atoms with Crippen molar-refractivity contribution in [3.8, 4) is 0 Å². The lowest BCUT2D eigenvalue weighted by Gasteiger charge is -2.53. The highest BCUT2D eigenvalue weighted by atomic mass is 16.3. The van der Waals surface area contributed by atoms with Crippen LogP contribution in [-0.2, 0) is 0 Å². The third-order valence-electron chi connectivity index (χ3n) is 4.66. The van der Waals surface area contributed by atoms with Crippen LogP contribution in [0.15, 0.2) is 0 Å². The molecule has 0 aromatic heterocycles. The molecular weight excluding hydrogens is 236 g/mol. The molecule has 0 radical (unpaired) electrons. The molecule has 1 fully saturated rings. The van der Waals surface area contributed by atoms with Gasteiger partial charge in [-0.25, -0.2) is 0 Å². The van der Waals surface area contributed by atoms with Crippen LogP contribution >= 0.6 is 0 Å². The van der Waals surface area contributed by atoms with Gasteiger partial charge in [0.05, 0.1) is 0 Å². The molecule has 19 heavy (non-hydrogen) atoms. The Hall–Kier alpha value is -0.120. The Morgan fingerprint density at radius 2 is 1.53 bits per heavy atom. The van der Waals surface area contributed by atoms with E-state index in [1.54, 1.807) is 0 Å². The van der Waals surface area contributed by atoms with Gasteiger partial charge in [0.15, 0.2) is 0 Å². The zero-order chi connectivity index (χ0) is 14.9. The summed E-state index contributed by atoms with van der Waals surface area (Å²) in [7, 11) is 0. The quantitative estimate of drug-likeness (QED) is 0.719. The summed E-state index contributed by atoms with van der Waals surface area (Å²) in [5.74, 6) is 0.261. The predicted octanol–water partition coefficient (Wildman–Crippen LogP) is 2.53. The molecule has 1 aliphatic carbocycles. The van der Waals surface area contributed by atoms with Crippen LogP contribution in [0.1, 0.15) is 60.8 Å². The van der Waals surface area contributed by atoms with E-state index in [2.05, 4.69) is 46.9 Å². The van der Waals surface area contributed by atoms with Crippen molar-refractivity contribution >= 4 is 0 Å². The Balaban J connectivity index is 2.90. The third-order valence-corrected chi connectivity index (χ3v) is 4.66. The van der Waals surface area contributed by atoms with E-state index in [9.17, 15) is 5.11 Å². The maximum atomic E-state index is 9.33. The van der Waals surface area contributed by atoms with E-state index in [0.29, 0.717) is 23.4 Å². The maximum Gasteiger partial charge on any atom is 0.0471 e. The summed E-state index contributed by atoms with van der Waals surface area (Å²) < 4.78 is 0. The summed E-state index contributed by atoms with van der Waals surface area (Å²) in [6.45, 7) is 14.5. The van der Waals surface area contributed by atoms with Crippen molar-refractivity contribution in [1.29, 1.82) is 0 Å². The number of nitrogens with two attached hydrogens (primary N) is 1. The van der Waals surface area contributed by atoms with Crippen molar-refractivity contribution in [2.45, 2.75) is 72.4 Å². The van der Waals surface area contributed by atoms with Crippen molar-refractivity contribution in [2.75, 3.05) is 13.2 Å². The fourth-order valence-electron chi connectivity index (χ4n) is 4.40. The standard InChI is InChI=1S/C16H34N2O/c1-12(7-19)13(2)18-16(11-17)9-14(3,4)8-15(5,6)10-16/h12-13,18-19H,7-11,17H2,1-6H3. The molecule has 3 nitrogen and oxygen atoms in total. The van der Waals surface area contributed by atoms with Gasteiger partial charge in [0.2, 0.25) is 0 Å². The molecule has 0 aromatic rings. The molecule has 3 heteroatoms. The normalized spacial score (nSPS) is 27.8. The van der Waals surface area contributed by atoms with Crippen LogP contribution in [-0.4, -0.2) is 29.8 Å². The number of aliphatic hydroxyl groups excluding tert-OH is 1. The average molecular weight is 270 g/mol. The Morgan fingerprint density at radius 3 is 1.89 bits per heavy atom. The van der Waals surface area contributed by atoms with Gasteiger partial charge in [-0.2, -0.15) is 0 Å². The first kappa shape index (κ1) is 16.9. The summed E-state index contributed by atoms with van der Waals surface area (Å²) in [5, 5.41) is 13.1. The van der Waals surface area contributed by atoms with Crippen molar-refractivity contribution in [1.82, 2.24) is 5.32 Å². The van der Waals surface area contributed by atoms with Crippen molar-refractivity contribution in [2.24, 2.45) is 22.5 Å². The second kappa shape index (κ2) is 5.71. The molecule has 2 unspecified atom stereocenters. The number of nitrogens with one attached hydrogen (secondary N) is 1. The Bertz CT molecular complexity index is 283. The minimum atomic E-state index is 0.00803. The molecule has 0 aromatic carbocycles. The Labute approximate surface area is 119 Å². The minimum Gasteiger partial charge on any atom is -0.396 e. The van der Waals surface area contributed by atoms with E-state index >= 15 is 0 Å². The first-order valence-corrected chi connectivity index (χ1v) is 7.63. The van der Waals surface area contributed by atoms with Gasteiger partial charge in [0.1, 0.15) is 0 Å². The molecule has 0 amide bonds. The Kier molecular flexibility index (Phi) is 5.09. The second-order valence-corrected chi connectivity index (χ2v) is 8.44. The van der Waals surface area contributed by atoms with E-state index in [4.69, 9.17) is 5.73 Å². The lowest BCUT2D eigenvalue weighted by Crippen LogP contribution is -2.62. The zero-order valence-corrected chi connectivity index (χ0v) is 13.7. The molecule has 4 N–H and O–H groups in total. The predicted molar refractivity (Wildman–Crippen MR) is 82.0 cm³/mol. The third kappa shape index (κ3) is 4.44. The largest absolute Gasteiger partial charge is 0.396 e. The van der Waals surface area contributed by atoms with Crippen LogP contribution in [0.5, 0.6) is 0 Å². The molecule has 114 valence electrons. The van der Waals surface area contributed by atoms with E-state index in [1.807, 2.05) is 0 Å². The number of rotatable bonds is 5. The molecule has 1 saturated carbocycles. The highest BCUT2D eigenvalue weighted by Crippen LogP contribution is 2.50. The highest BCUT2D eigenvalue weighted by Gasteiger charge is 2.47. The summed E-state index contributed by atoms with van der Waals surface area (Å²) in [4.78, 5) is 0. The van der Waals surface area contributed by atoms with Gasteiger partial charge in [-0.1, -0.05) is 34.6 Å². The van der Waals surface area contributed by atoms with E-state index in [-0.39, 0.29) is 18.1 Å².